The predicted octanol–water partition coefficient (Wildman–Crippen LogP) is 4.70. The normalized spacial score (nSPS) is 23.0. The fourth-order valence-corrected chi connectivity index (χ4v) is 3.81. The average molecular weight is 295 g/mol. The van der Waals surface area contributed by atoms with E-state index in [1.165, 1.54) is 37.8 Å². The Morgan fingerprint density at radius 2 is 2.00 bits per heavy atom. The highest BCUT2D eigenvalue weighted by Crippen LogP contribution is 2.43. The van der Waals surface area contributed by atoms with Gasteiger partial charge in [-0.3, -0.25) is 0 Å². The van der Waals surface area contributed by atoms with Crippen molar-refractivity contribution in [1.29, 1.82) is 0 Å². The molecule has 1 nitrogen and oxygen atoms in total. The van der Waals surface area contributed by atoms with Gasteiger partial charge in [0.1, 0.15) is 0 Å². The van der Waals surface area contributed by atoms with Crippen molar-refractivity contribution in [3.8, 4) is 0 Å². The smallest absolute Gasteiger partial charge is 0.159 e. The first kappa shape index (κ1) is 16.4. The lowest BCUT2D eigenvalue weighted by Gasteiger charge is -2.43. The number of likely N-dealkylation sites (N-methyl/N-ethyl adjacent to an activating group) is 1. The fourth-order valence-electron chi connectivity index (χ4n) is 3.81. The molecule has 0 saturated heterocycles. The summed E-state index contributed by atoms with van der Waals surface area (Å²) in [6, 6.07) is 4.61. The van der Waals surface area contributed by atoms with Crippen LogP contribution in [0.25, 0.3) is 0 Å². The van der Waals surface area contributed by atoms with Gasteiger partial charge in [-0.05, 0) is 54.8 Å². The maximum absolute atomic E-state index is 13.4. The Bertz CT molecular complexity index is 470. The maximum Gasteiger partial charge on any atom is 0.159 e. The molecule has 1 fully saturated rings. The molecule has 1 aliphatic rings. The molecule has 0 bridgehead atoms. The van der Waals surface area contributed by atoms with Crippen LogP contribution < -0.4 is 5.32 Å². The molecule has 118 valence electrons. The zero-order valence-electron chi connectivity index (χ0n) is 13.4. The lowest BCUT2D eigenvalue weighted by molar-refractivity contribution is 0.0987. The topological polar surface area (TPSA) is 12.0 Å². The molecule has 3 heteroatoms. The molecule has 1 aromatic carbocycles. The lowest BCUT2D eigenvalue weighted by Crippen LogP contribution is -2.46. The van der Waals surface area contributed by atoms with Crippen molar-refractivity contribution in [3.05, 3.63) is 35.4 Å². The molecular weight excluding hydrogens is 268 g/mol. The third kappa shape index (κ3) is 4.03. The summed E-state index contributed by atoms with van der Waals surface area (Å²) in [5, 5.41) is 3.57. The van der Waals surface area contributed by atoms with Crippen molar-refractivity contribution < 1.29 is 8.78 Å². The molecule has 0 heterocycles. The van der Waals surface area contributed by atoms with Crippen LogP contribution in [-0.4, -0.2) is 12.6 Å². The van der Waals surface area contributed by atoms with Crippen LogP contribution in [0.4, 0.5) is 8.78 Å². The highest BCUT2D eigenvalue weighted by atomic mass is 19.2. The Labute approximate surface area is 127 Å². The van der Waals surface area contributed by atoms with Crippen molar-refractivity contribution in [2.45, 2.75) is 58.9 Å². The van der Waals surface area contributed by atoms with Gasteiger partial charge in [0, 0.05) is 6.04 Å². The molecule has 2 unspecified atom stereocenters. The molecule has 2 rings (SSSR count). The first-order chi connectivity index (χ1) is 9.94. The molecule has 0 radical (unpaired) electrons. The van der Waals surface area contributed by atoms with E-state index >= 15 is 0 Å². The van der Waals surface area contributed by atoms with E-state index in [1.54, 1.807) is 6.07 Å². The van der Waals surface area contributed by atoms with Crippen molar-refractivity contribution in [2.75, 3.05) is 6.54 Å². The second-order valence-electron chi connectivity index (χ2n) is 6.96. The van der Waals surface area contributed by atoms with Gasteiger partial charge in [0.15, 0.2) is 11.6 Å². The molecule has 0 amide bonds. The highest BCUT2D eigenvalue weighted by molar-refractivity contribution is 5.19. The largest absolute Gasteiger partial charge is 0.314 e. The summed E-state index contributed by atoms with van der Waals surface area (Å²) in [4.78, 5) is 0. The minimum atomic E-state index is -0.767. The quantitative estimate of drug-likeness (QED) is 0.830. The van der Waals surface area contributed by atoms with E-state index in [0.717, 1.165) is 18.5 Å². The van der Waals surface area contributed by atoms with Crippen LogP contribution in [0.3, 0.4) is 0 Å². The third-order valence-electron chi connectivity index (χ3n) is 4.98. The zero-order chi connectivity index (χ0) is 15.5. The molecule has 1 N–H and O–H groups in total. The highest BCUT2D eigenvalue weighted by Gasteiger charge is 2.37. The molecular formula is C18H27F2N. The van der Waals surface area contributed by atoms with E-state index in [1.807, 2.05) is 0 Å². The minimum Gasteiger partial charge on any atom is -0.314 e. The summed E-state index contributed by atoms with van der Waals surface area (Å²) in [6.45, 7) is 7.69. The van der Waals surface area contributed by atoms with Gasteiger partial charge in [0.2, 0.25) is 0 Å². The third-order valence-corrected chi connectivity index (χ3v) is 4.98. The SMILES string of the molecule is CCNC(Cc1ccc(F)c(F)c1)C1CCCCC1(C)C. The van der Waals surface area contributed by atoms with Crippen molar-refractivity contribution >= 4 is 0 Å². The van der Waals surface area contributed by atoms with Crippen molar-refractivity contribution in [3.63, 3.8) is 0 Å². The predicted molar refractivity (Wildman–Crippen MR) is 83.3 cm³/mol. The van der Waals surface area contributed by atoms with Crippen molar-refractivity contribution in [1.82, 2.24) is 5.32 Å². The van der Waals surface area contributed by atoms with Gasteiger partial charge < -0.3 is 5.32 Å². The van der Waals surface area contributed by atoms with Gasteiger partial charge in [-0.25, -0.2) is 8.78 Å². The van der Waals surface area contributed by atoms with E-state index in [-0.39, 0.29) is 0 Å². The van der Waals surface area contributed by atoms with E-state index in [2.05, 4.69) is 26.1 Å². The first-order valence-electron chi connectivity index (χ1n) is 8.11. The summed E-state index contributed by atoms with van der Waals surface area (Å²) in [7, 11) is 0. The van der Waals surface area contributed by atoms with Crippen molar-refractivity contribution in [2.24, 2.45) is 11.3 Å². The van der Waals surface area contributed by atoms with E-state index in [0.29, 0.717) is 17.4 Å². The monoisotopic (exact) mass is 295 g/mol. The first-order valence-corrected chi connectivity index (χ1v) is 8.11. The number of hydrogen-bond donors (Lipinski definition) is 1. The molecule has 21 heavy (non-hydrogen) atoms. The lowest BCUT2D eigenvalue weighted by atomic mass is 9.65. The number of nitrogens with one attached hydrogen (secondary N) is 1. The van der Waals surface area contributed by atoms with Crippen LogP contribution in [0, 0.1) is 23.0 Å². The van der Waals surface area contributed by atoms with Gasteiger partial charge in [0.25, 0.3) is 0 Å². The standard InChI is InChI=1S/C18H27F2N/c1-4-21-17(14-7-5-6-10-18(14,2)3)12-13-8-9-15(19)16(20)11-13/h8-9,11,14,17,21H,4-7,10,12H2,1-3H3. The molecule has 2 atom stereocenters. The molecule has 1 saturated carbocycles. The van der Waals surface area contributed by atoms with Crippen LogP contribution in [-0.2, 0) is 6.42 Å². The molecule has 0 spiro atoms. The summed E-state index contributed by atoms with van der Waals surface area (Å²) in [5.41, 5.74) is 1.19. The fraction of sp³-hybridized carbons (Fsp3) is 0.667. The number of benzene rings is 1. The second-order valence-corrected chi connectivity index (χ2v) is 6.96. The molecule has 1 aliphatic carbocycles. The summed E-state index contributed by atoms with van der Waals surface area (Å²) < 4.78 is 26.5. The van der Waals surface area contributed by atoms with E-state index < -0.39 is 11.6 Å². The maximum atomic E-state index is 13.4. The van der Waals surface area contributed by atoms with Gasteiger partial charge >= 0.3 is 0 Å². The van der Waals surface area contributed by atoms with Crippen LogP contribution in [0.2, 0.25) is 0 Å². The van der Waals surface area contributed by atoms with Gasteiger partial charge in [0.05, 0.1) is 0 Å². The van der Waals surface area contributed by atoms with Crippen LogP contribution in [0.15, 0.2) is 18.2 Å². The number of hydrogen-bond acceptors (Lipinski definition) is 1. The Morgan fingerprint density at radius 3 is 2.62 bits per heavy atom. The van der Waals surface area contributed by atoms with Gasteiger partial charge in [-0.1, -0.05) is 39.7 Å². The second kappa shape index (κ2) is 6.87. The summed E-state index contributed by atoms with van der Waals surface area (Å²) in [6.07, 6.45) is 5.80. The number of halogens is 2. The molecule has 1 aromatic rings. The Kier molecular flexibility index (Phi) is 5.37. The summed E-state index contributed by atoms with van der Waals surface area (Å²) in [5.74, 6) is -0.929. The van der Waals surface area contributed by atoms with E-state index in [4.69, 9.17) is 0 Å². The summed E-state index contributed by atoms with van der Waals surface area (Å²) >= 11 is 0. The van der Waals surface area contributed by atoms with Gasteiger partial charge in [-0.2, -0.15) is 0 Å². The van der Waals surface area contributed by atoms with Crippen LogP contribution >= 0.6 is 0 Å². The Hall–Kier alpha value is -0.960. The Balaban J connectivity index is 2.16. The zero-order valence-corrected chi connectivity index (χ0v) is 13.4. The molecule has 0 aromatic heterocycles. The Morgan fingerprint density at radius 1 is 1.24 bits per heavy atom. The van der Waals surface area contributed by atoms with E-state index in [9.17, 15) is 8.78 Å². The van der Waals surface area contributed by atoms with Gasteiger partial charge in [-0.15, -0.1) is 0 Å². The molecule has 0 aliphatic heterocycles. The number of rotatable bonds is 5. The van der Waals surface area contributed by atoms with Crippen LogP contribution in [0.5, 0.6) is 0 Å². The average Bonchev–Trinajstić information content (AvgIpc) is 2.42. The minimum absolute atomic E-state index is 0.309. The van der Waals surface area contributed by atoms with Crippen LogP contribution in [0.1, 0.15) is 52.0 Å².